The van der Waals surface area contributed by atoms with E-state index in [-0.39, 0.29) is 0 Å². The standard InChI is InChI=1S/C19H29NO/c1-2-19(15-20-18-8-9-18,17-6-4-3-5-7-17)14-16-10-12-21-13-11-16/h3-7,16,18,20H,2,8-15H2,1H3. The van der Waals surface area contributed by atoms with Crippen molar-refractivity contribution in [3.8, 4) is 0 Å². The van der Waals surface area contributed by atoms with E-state index in [1.807, 2.05) is 0 Å². The lowest BCUT2D eigenvalue weighted by Crippen LogP contribution is -2.41. The van der Waals surface area contributed by atoms with Crippen molar-refractivity contribution < 1.29 is 4.74 Å². The Labute approximate surface area is 129 Å². The number of benzene rings is 1. The summed E-state index contributed by atoms with van der Waals surface area (Å²) in [5.41, 5.74) is 1.82. The fraction of sp³-hybridized carbons (Fsp3) is 0.684. The van der Waals surface area contributed by atoms with Gasteiger partial charge in [0.1, 0.15) is 0 Å². The molecule has 1 heterocycles. The van der Waals surface area contributed by atoms with E-state index in [1.165, 1.54) is 44.1 Å². The molecule has 1 aromatic carbocycles. The van der Waals surface area contributed by atoms with Gasteiger partial charge in [0, 0.05) is 31.2 Å². The molecule has 0 bridgehead atoms. The van der Waals surface area contributed by atoms with Gasteiger partial charge in [-0.3, -0.25) is 0 Å². The largest absolute Gasteiger partial charge is 0.381 e. The summed E-state index contributed by atoms with van der Waals surface area (Å²) in [6, 6.07) is 12.0. The predicted molar refractivity (Wildman–Crippen MR) is 87.6 cm³/mol. The van der Waals surface area contributed by atoms with Crippen molar-refractivity contribution in [3.63, 3.8) is 0 Å². The molecule has 21 heavy (non-hydrogen) atoms. The lowest BCUT2D eigenvalue weighted by Gasteiger charge is -2.38. The molecule has 1 saturated heterocycles. The van der Waals surface area contributed by atoms with E-state index in [0.717, 1.165) is 31.7 Å². The van der Waals surface area contributed by atoms with Gasteiger partial charge in [0.2, 0.25) is 0 Å². The van der Waals surface area contributed by atoms with Crippen molar-refractivity contribution >= 4 is 0 Å². The van der Waals surface area contributed by atoms with Gasteiger partial charge in [0.15, 0.2) is 0 Å². The van der Waals surface area contributed by atoms with E-state index in [9.17, 15) is 0 Å². The molecule has 1 unspecified atom stereocenters. The molecule has 2 nitrogen and oxygen atoms in total. The van der Waals surface area contributed by atoms with E-state index in [4.69, 9.17) is 4.74 Å². The van der Waals surface area contributed by atoms with Crippen LogP contribution in [0.3, 0.4) is 0 Å². The van der Waals surface area contributed by atoms with E-state index in [2.05, 4.69) is 42.6 Å². The second-order valence-electron chi connectivity index (χ2n) is 6.91. The number of rotatable bonds is 7. The van der Waals surface area contributed by atoms with Crippen LogP contribution in [0.25, 0.3) is 0 Å². The molecule has 0 amide bonds. The van der Waals surface area contributed by atoms with Crippen LogP contribution in [0.2, 0.25) is 0 Å². The summed E-state index contributed by atoms with van der Waals surface area (Å²) in [6.45, 7) is 5.40. The predicted octanol–water partition coefficient (Wildman–Crippen LogP) is 3.90. The Morgan fingerprint density at radius 1 is 1.10 bits per heavy atom. The van der Waals surface area contributed by atoms with Gasteiger partial charge in [0.05, 0.1) is 0 Å². The molecule has 0 radical (unpaired) electrons. The first-order valence-corrected chi connectivity index (χ1v) is 8.69. The van der Waals surface area contributed by atoms with Crippen molar-refractivity contribution in [3.05, 3.63) is 35.9 Å². The van der Waals surface area contributed by atoms with Gasteiger partial charge in [-0.2, -0.15) is 0 Å². The van der Waals surface area contributed by atoms with Gasteiger partial charge in [0.25, 0.3) is 0 Å². The molecule has 2 aliphatic rings. The van der Waals surface area contributed by atoms with Crippen LogP contribution in [-0.4, -0.2) is 25.8 Å². The third-order valence-corrected chi connectivity index (χ3v) is 5.39. The summed E-state index contributed by atoms with van der Waals surface area (Å²) in [5.74, 6) is 0.819. The van der Waals surface area contributed by atoms with E-state index in [0.29, 0.717) is 5.41 Å². The number of ether oxygens (including phenoxy) is 1. The summed E-state index contributed by atoms with van der Waals surface area (Å²) in [4.78, 5) is 0. The van der Waals surface area contributed by atoms with Crippen LogP contribution >= 0.6 is 0 Å². The van der Waals surface area contributed by atoms with Crippen molar-refractivity contribution in [2.45, 2.75) is 56.9 Å². The van der Waals surface area contributed by atoms with Gasteiger partial charge in [-0.1, -0.05) is 37.3 Å². The monoisotopic (exact) mass is 287 g/mol. The Hall–Kier alpha value is -0.860. The lowest BCUT2D eigenvalue weighted by molar-refractivity contribution is 0.0549. The Kier molecular flexibility index (Phi) is 4.97. The summed E-state index contributed by atoms with van der Waals surface area (Å²) in [6.07, 6.45) is 7.72. The topological polar surface area (TPSA) is 21.3 Å². The zero-order valence-electron chi connectivity index (χ0n) is 13.3. The Morgan fingerprint density at radius 3 is 2.43 bits per heavy atom. The molecule has 116 valence electrons. The maximum atomic E-state index is 5.55. The normalized spacial score (nSPS) is 22.9. The third kappa shape index (κ3) is 3.87. The summed E-state index contributed by atoms with van der Waals surface area (Å²) < 4.78 is 5.55. The molecule has 1 aliphatic heterocycles. The first-order chi connectivity index (χ1) is 10.3. The zero-order chi connectivity index (χ0) is 14.5. The molecule has 0 aromatic heterocycles. The van der Waals surface area contributed by atoms with Crippen LogP contribution in [0.15, 0.2) is 30.3 Å². The minimum absolute atomic E-state index is 0.297. The second kappa shape index (κ2) is 6.93. The minimum atomic E-state index is 0.297. The van der Waals surface area contributed by atoms with Crippen LogP contribution < -0.4 is 5.32 Å². The lowest BCUT2D eigenvalue weighted by atomic mass is 9.70. The SMILES string of the molecule is CCC(CNC1CC1)(CC1CCOCC1)c1ccccc1. The third-order valence-electron chi connectivity index (χ3n) is 5.39. The number of hydrogen-bond acceptors (Lipinski definition) is 2. The number of hydrogen-bond donors (Lipinski definition) is 1. The van der Waals surface area contributed by atoms with Crippen LogP contribution in [0.4, 0.5) is 0 Å². The molecule has 2 fully saturated rings. The second-order valence-corrected chi connectivity index (χ2v) is 6.91. The smallest absolute Gasteiger partial charge is 0.0468 e. The Balaban J connectivity index is 1.76. The Bertz CT molecular complexity index is 422. The highest BCUT2D eigenvalue weighted by atomic mass is 16.5. The highest BCUT2D eigenvalue weighted by Gasteiger charge is 2.35. The van der Waals surface area contributed by atoms with Crippen LogP contribution in [0.5, 0.6) is 0 Å². The van der Waals surface area contributed by atoms with Crippen molar-refractivity contribution in [1.29, 1.82) is 0 Å². The molecule has 1 aliphatic carbocycles. The van der Waals surface area contributed by atoms with Gasteiger partial charge in [-0.15, -0.1) is 0 Å². The average molecular weight is 287 g/mol. The van der Waals surface area contributed by atoms with E-state index >= 15 is 0 Å². The maximum Gasteiger partial charge on any atom is 0.0468 e. The molecule has 3 rings (SSSR count). The molecular formula is C19H29NO. The van der Waals surface area contributed by atoms with Crippen LogP contribution in [0, 0.1) is 5.92 Å². The Morgan fingerprint density at radius 2 is 1.81 bits per heavy atom. The number of nitrogens with one attached hydrogen (secondary N) is 1. The first kappa shape index (κ1) is 15.1. The van der Waals surface area contributed by atoms with Gasteiger partial charge < -0.3 is 10.1 Å². The zero-order valence-corrected chi connectivity index (χ0v) is 13.3. The van der Waals surface area contributed by atoms with Crippen molar-refractivity contribution in [2.24, 2.45) is 5.92 Å². The highest BCUT2D eigenvalue weighted by Crippen LogP contribution is 2.38. The molecule has 1 atom stereocenters. The fourth-order valence-corrected chi connectivity index (χ4v) is 3.69. The van der Waals surface area contributed by atoms with Gasteiger partial charge in [-0.25, -0.2) is 0 Å². The quantitative estimate of drug-likeness (QED) is 0.821. The summed E-state index contributed by atoms with van der Waals surface area (Å²) in [5, 5.41) is 3.81. The van der Waals surface area contributed by atoms with E-state index in [1.54, 1.807) is 0 Å². The maximum absolute atomic E-state index is 5.55. The summed E-state index contributed by atoms with van der Waals surface area (Å²) in [7, 11) is 0. The highest BCUT2D eigenvalue weighted by molar-refractivity contribution is 5.26. The van der Waals surface area contributed by atoms with Crippen LogP contribution in [-0.2, 0) is 10.2 Å². The molecule has 1 N–H and O–H groups in total. The minimum Gasteiger partial charge on any atom is -0.381 e. The molecule has 0 spiro atoms. The molecule has 1 aromatic rings. The van der Waals surface area contributed by atoms with Gasteiger partial charge >= 0.3 is 0 Å². The molecule has 1 saturated carbocycles. The average Bonchev–Trinajstić information content (AvgIpc) is 3.38. The van der Waals surface area contributed by atoms with Crippen molar-refractivity contribution in [1.82, 2.24) is 5.32 Å². The van der Waals surface area contributed by atoms with Gasteiger partial charge in [-0.05, 0) is 50.0 Å². The van der Waals surface area contributed by atoms with Crippen molar-refractivity contribution in [2.75, 3.05) is 19.8 Å². The molecular weight excluding hydrogens is 258 g/mol. The molecule has 2 heteroatoms. The van der Waals surface area contributed by atoms with E-state index < -0.39 is 0 Å². The first-order valence-electron chi connectivity index (χ1n) is 8.69. The van der Waals surface area contributed by atoms with Crippen LogP contribution in [0.1, 0.15) is 51.0 Å². The summed E-state index contributed by atoms with van der Waals surface area (Å²) >= 11 is 0. The fourth-order valence-electron chi connectivity index (χ4n) is 3.69.